The van der Waals surface area contributed by atoms with Crippen molar-refractivity contribution >= 4 is 12.0 Å². The second-order valence-electron chi connectivity index (χ2n) is 5.88. The van der Waals surface area contributed by atoms with E-state index in [0.29, 0.717) is 22.6 Å². The molecule has 0 spiro atoms. The van der Waals surface area contributed by atoms with Crippen LogP contribution in [0.1, 0.15) is 22.5 Å². The highest BCUT2D eigenvalue weighted by Crippen LogP contribution is 2.31. The summed E-state index contributed by atoms with van der Waals surface area (Å²) in [5.74, 6) is -0.540. The van der Waals surface area contributed by atoms with E-state index in [2.05, 4.69) is 11.9 Å². The lowest BCUT2D eigenvalue weighted by Gasteiger charge is -2.13. The van der Waals surface area contributed by atoms with E-state index in [0.717, 1.165) is 12.1 Å². The van der Waals surface area contributed by atoms with Crippen LogP contribution < -0.4 is 5.32 Å². The molecule has 0 radical (unpaired) electrons. The van der Waals surface area contributed by atoms with Crippen LogP contribution >= 0.6 is 0 Å². The number of aromatic nitrogens is 1. The molecule has 1 aromatic carbocycles. The second-order valence-corrected chi connectivity index (χ2v) is 5.88. The van der Waals surface area contributed by atoms with Crippen molar-refractivity contribution in [2.24, 2.45) is 0 Å². The molecule has 0 fully saturated rings. The zero-order chi connectivity index (χ0) is 20.2. The number of nitrogens with zero attached hydrogens (tertiary/aromatic N) is 2. The van der Waals surface area contributed by atoms with Gasteiger partial charge in [-0.3, -0.25) is 4.79 Å². The molecule has 1 heterocycles. The standard InChI is InChI=1S/C20H18F3N3O/c1-4-8-25-19(27)16(12-24)10-15-9-13(2)26(14(15)3)18-7-5-6-17(11-18)20(21,22)23/h4-7,9-11H,1,8H2,2-3H3,(H,25,27)/b16-10+. The van der Waals surface area contributed by atoms with Gasteiger partial charge in [-0.1, -0.05) is 12.1 Å². The van der Waals surface area contributed by atoms with Crippen LogP contribution in [0.4, 0.5) is 13.2 Å². The maximum Gasteiger partial charge on any atom is 0.416 e. The van der Waals surface area contributed by atoms with Crippen LogP contribution in [-0.2, 0) is 11.0 Å². The van der Waals surface area contributed by atoms with Crippen LogP contribution in [0.2, 0.25) is 0 Å². The molecule has 2 rings (SSSR count). The lowest BCUT2D eigenvalue weighted by molar-refractivity contribution is -0.137. The van der Waals surface area contributed by atoms with Gasteiger partial charge in [0.1, 0.15) is 11.6 Å². The number of alkyl halides is 3. The van der Waals surface area contributed by atoms with Crippen LogP contribution in [0.3, 0.4) is 0 Å². The van der Waals surface area contributed by atoms with Crippen molar-refractivity contribution in [2.75, 3.05) is 6.54 Å². The van der Waals surface area contributed by atoms with Gasteiger partial charge in [0.05, 0.1) is 5.56 Å². The molecule has 0 aliphatic rings. The zero-order valence-corrected chi connectivity index (χ0v) is 14.9. The lowest BCUT2D eigenvalue weighted by Crippen LogP contribution is -2.24. The minimum atomic E-state index is -4.44. The Hall–Kier alpha value is -3.27. The van der Waals surface area contributed by atoms with Gasteiger partial charge in [-0.05, 0) is 49.8 Å². The highest BCUT2D eigenvalue weighted by Gasteiger charge is 2.30. The number of rotatable bonds is 5. The Morgan fingerprint density at radius 2 is 2.04 bits per heavy atom. The average Bonchev–Trinajstić information content (AvgIpc) is 2.90. The number of carbonyl (C=O) groups excluding carboxylic acids is 1. The van der Waals surface area contributed by atoms with E-state index in [9.17, 15) is 23.2 Å². The van der Waals surface area contributed by atoms with E-state index in [1.54, 1.807) is 30.5 Å². The van der Waals surface area contributed by atoms with Crippen LogP contribution in [0, 0.1) is 25.2 Å². The number of hydrogen-bond acceptors (Lipinski definition) is 2. The van der Waals surface area contributed by atoms with Crippen LogP contribution in [-0.4, -0.2) is 17.0 Å². The molecule has 27 heavy (non-hydrogen) atoms. The number of aryl methyl sites for hydroxylation is 1. The molecule has 0 atom stereocenters. The fraction of sp³-hybridized carbons (Fsp3) is 0.200. The number of carbonyl (C=O) groups is 1. The molecule has 0 saturated heterocycles. The maximum atomic E-state index is 13.0. The third kappa shape index (κ3) is 4.47. The molecule has 7 heteroatoms. The van der Waals surface area contributed by atoms with Gasteiger partial charge in [-0.2, -0.15) is 18.4 Å². The normalized spacial score (nSPS) is 11.8. The van der Waals surface area contributed by atoms with Crippen LogP contribution in [0.5, 0.6) is 0 Å². The average molecular weight is 373 g/mol. The predicted octanol–water partition coefficient (Wildman–Crippen LogP) is 4.32. The number of amides is 1. The summed E-state index contributed by atoms with van der Waals surface area (Å²) in [5.41, 5.74) is 1.40. The van der Waals surface area contributed by atoms with Crippen molar-refractivity contribution in [1.82, 2.24) is 9.88 Å². The SMILES string of the molecule is C=CCNC(=O)/C(C#N)=C/c1cc(C)n(-c2cccc(C(F)(F)F)c2)c1C. The fourth-order valence-electron chi connectivity index (χ4n) is 2.72. The lowest BCUT2D eigenvalue weighted by atomic mass is 10.1. The topological polar surface area (TPSA) is 57.8 Å². The zero-order valence-electron chi connectivity index (χ0n) is 14.9. The highest BCUT2D eigenvalue weighted by atomic mass is 19.4. The largest absolute Gasteiger partial charge is 0.416 e. The van der Waals surface area contributed by atoms with E-state index in [1.807, 2.05) is 6.07 Å². The first-order valence-electron chi connectivity index (χ1n) is 8.06. The first kappa shape index (κ1) is 20.0. The van der Waals surface area contributed by atoms with Crippen molar-refractivity contribution in [2.45, 2.75) is 20.0 Å². The molecular weight excluding hydrogens is 355 g/mol. The van der Waals surface area contributed by atoms with E-state index in [1.165, 1.54) is 18.2 Å². The molecular formula is C20H18F3N3O. The smallest absolute Gasteiger partial charge is 0.348 e. The Bertz CT molecular complexity index is 946. The maximum absolute atomic E-state index is 13.0. The van der Waals surface area contributed by atoms with Crippen molar-refractivity contribution in [3.8, 4) is 11.8 Å². The molecule has 0 unspecified atom stereocenters. The highest BCUT2D eigenvalue weighted by molar-refractivity contribution is 6.01. The van der Waals surface area contributed by atoms with Crippen molar-refractivity contribution < 1.29 is 18.0 Å². The van der Waals surface area contributed by atoms with E-state index in [4.69, 9.17) is 0 Å². The third-order valence-corrected chi connectivity index (χ3v) is 3.97. The third-order valence-electron chi connectivity index (χ3n) is 3.97. The molecule has 1 aromatic heterocycles. The van der Waals surface area contributed by atoms with E-state index < -0.39 is 17.6 Å². The quantitative estimate of drug-likeness (QED) is 0.482. The summed E-state index contributed by atoms with van der Waals surface area (Å²) in [6, 6.07) is 8.55. The summed E-state index contributed by atoms with van der Waals surface area (Å²) in [7, 11) is 0. The molecule has 4 nitrogen and oxygen atoms in total. The molecule has 1 N–H and O–H groups in total. The Morgan fingerprint density at radius 1 is 1.33 bits per heavy atom. The van der Waals surface area contributed by atoms with Gasteiger partial charge in [0.2, 0.25) is 0 Å². The number of nitriles is 1. The number of nitrogens with one attached hydrogen (secondary N) is 1. The summed E-state index contributed by atoms with van der Waals surface area (Å²) < 4.78 is 40.6. The predicted molar refractivity (Wildman–Crippen MR) is 97.0 cm³/mol. The molecule has 1 amide bonds. The molecule has 0 aliphatic carbocycles. The molecule has 0 aliphatic heterocycles. The second kappa shape index (κ2) is 7.96. The molecule has 0 saturated carbocycles. The first-order chi connectivity index (χ1) is 12.7. The van der Waals surface area contributed by atoms with E-state index >= 15 is 0 Å². The summed E-state index contributed by atoms with van der Waals surface area (Å²) in [6.07, 6.45) is -1.53. The summed E-state index contributed by atoms with van der Waals surface area (Å²) >= 11 is 0. The van der Waals surface area contributed by atoms with Crippen molar-refractivity contribution in [3.05, 3.63) is 71.1 Å². The minimum Gasteiger partial charge on any atom is -0.348 e. The van der Waals surface area contributed by atoms with Gasteiger partial charge in [0, 0.05) is 23.6 Å². The first-order valence-corrected chi connectivity index (χ1v) is 8.06. The summed E-state index contributed by atoms with van der Waals surface area (Å²) in [4.78, 5) is 12.0. The minimum absolute atomic E-state index is 0.0962. The molecule has 140 valence electrons. The summed E-state index contributed by atoms with van der Waals surface area (Å²) in [6.45, 7) is 7.17. The number of halogens is 3. The monoisotopic (exact) mass is 373 g/mol. The van der Waals surface area contributed by atoms with Gasteiger partial charge >= 0.3 is 6.18 Å². The van der Waals surface area contributed by atoms with Gasteiger partial charge < -0.3 is 9.88 Å². The van der Waals surface area contributed by atoms with Crippen molar-refractivity contribution in [1.29, 1.82) is 5.26 Å². The Balaban J connectivity index is 2.49. The number of hydrogen-bond donors (Lipinski definition) is 1. The Morgan fingerprint density at radius 3 is 2.63 bits per heavy atom. The molecule has 2 aromatic rings. The fourth-order valence-corrected chi connectivity index (χ4v) is 2.72. The van der Waals surface area contributed by atoms with Crippen LogP contribution in [0.15, 0.2) is 48.6 Å². The number of benzene rings is 1. The molecule has 0 bridgehead atoms. The van der Waals surface area contributed by atoms with Gasteiger partial charge in [0.25, 0.3) is 5.91 Å². The van der Waals surface area contributed by atoms with Crippen molar-refractivity contribution in [3.63, 3.8) is 0 Å². The van der Waals surface area contributed by atoms with Gasteiger partial charge in [-0.15, -0.1) is 6.58 Å². The van der Waals surface area contributed by atoms with E-state index in [-0.39, 0.29) is 12.1 Å². The van der Waals surface area contributed by atoms with Gasteiger partial charge in [0.15, 0.2) is 0 Å². The Kier molecular flexibility index (Phi) is 5.91. The van der Waals surface area contributed by atoms with Crippen LogP contribution in [0.25, 0.3) is 11.8 Å². The summed E-state index contributed by atoms with van der Waals surface area (Å²) in [5, 5.41) is 11.8. The van der Waals surface area contributed by atoms with Gasteiger partial charge in [-0.25, -0.2) is 0 Å². The Labute approximate surface area is 155 Å².